The Hall–Kier alpha value is -1.78. The van der Waals surface area contributed by atoms with Crippen molar-refractivity contribution in [1.29, 1.82) is 0 Å². The van der Waals surface area contributed by atoms with Gasteiger partial charge in [0.15, 0.2) is 0 Å². The molecule has 5 heteroatoms. The lowest BCUT2D eigenvalue weighted by Gasteiger charge is -2.11. The van der Waals surface area contributed by atoms with E-state index in [2.05, 4.69) is 9.98 Å². The van der Waals surface area contributed by atoms with Crippen molar-refractivity contribution in [3.63, 3.8) is 0 Å². The zero-order valence-corrected chi connectivity index (χ0v) is 11.1. The number of nitro groups is 1. The summed E-state index contributed by atoms with van der Waals surface area (Å²) in [5.41, 5.74) is 3.22. The van der Waals surface area contributed by atoms with Crippen LogP contribution in [0.4, 0.5) is 0 Å². The van der Waals surface area contributed by atoms with Crippen molar-refractivity contribution >= 4 is 5.71 Å². The molecular formula is C13H19N3O2. The molecule has 1 aliphatic heterocycles. The van der Waals surface area contributed by atoms with Gasteiger partial charge in [0.1, 0.15) is 6.54 Å². The molecule has 0 fully saturated rings. The van der Waals surface area contributed by atoms with E-state index in [4.69, 9.17) is 0 Å². The fourth-order valence-electron chi connectivity index (χ4n) is 1.66. The summed E-state index contributed by atoms with van der Waals surface area (Å²) in [6.07, 6.45) is 1.44. The molecule has 2 rings (SSSR count). The molecule has 1 unspecified atom stereocenters. The van der Waals surface area contributed by atoms with Crippen LogP contribution in [0.25, 0.3) is 0 Å². The monoisotopic (exact) mass is 249 g/mol. The van der Waals surface area contributed by atoms with Crippen molar-refractivity contribution in [2.45, 2.75) is 39.7 Å². The van der Waals surface area contributed by atoms with Gasteiger partial charge in [-0.15, -0.1) is 0 Å². The van der Waals surface area contributed by atoms with Gasteiger partial charge < -0.3 is 0 Å². The Morgan fingerprint density at radius 1 is 1.28 bits per heavy atom. The summed E-state index contributed by atoms with van der Waals surface area (Å²) in [7, 11) is 0. The summed E-state index contributed by atoms with van der Waals surface area (Å²) in [6.45, 7) is 6.27. The number of aliphatic imine (C=N–C) groups is 1. The Morgan fingerprint density at radius 2 is 1.89 bits per heavy atom. The number of hydrogen-bond acceptors (Lipinski definition) is 4. The minimum absolute atomic E-state index is 0.240. The summed E-state index contributed by atoms with van der Waals surface area (Å²) < 4.78 is 0. The molecule has 5 nitrogen and oxygen atoms in total. The molecule has 0 N–H and O–H groups in total. The van der Waals surface area contributed by atoms with Gasteiger partial charge in [-0.25, -0.2) is 0 Å². The molecule has 0 radical (unpaired) electrons. The molecule has 1 aromatic rings. The predicted molar refractivity (Wildman–Crippen MR) is 71.7 cm³/mol. The molecular weight excluding hydrogens is 230 g/mol. The maximum Gasteiger partial charge on any atom is 0.232 e. The van der Waals surface area contributed by atoms with Crippen LogP contribution in [0.15, 0.2) is 23.2 Å². The summed E-state index contributed by atoms with van der Waals surface area (Å²) in [5, 5.41) is 10.2. The highest BCUT2D eigenvalue weighted by Gasteiger charge is 2.22. The van der Waals surface area contributed by atoms with Gasteiger partial charge in [-0.2, -0.15) is 0 Å². The highest BCUT2D eigenvalue weighted by molar-refractivity contribution is 5.82. The Labute approximate surface area is 107 Å². The highest BCUT2D eigenvalue weighted by Crippen LogP contribution is 2.09. The van der Waals surface area contributed by atoms with Crippen LogP contribution < -0.4 is 0 Å². The summed E-state index contributed by atoms with van der Waals surface area (Å²) in [4.78, 5) is 18.1. The number of aromatic nitrogens is 1. The number of nitrogens with zero attached hydrogens (tertiary/aromatic N) is 3. The molecule has 0 amide bonds. The first kappa shape index (κ1) is 14.3. The van der Waals surface area contributed by atoms with Crippen molar-refractivity contribution in [2.24, 2.45) is 4.99 Å². The molecule has 0 bridgehead atoms. The van der Waals surface area contributed by atoms with Gasteiger partial charge in [0.25, 0.3) is 0 Å². The lowest BCUT2D eigenvalue weighted by atomic mass is 10.1. The van der Waals surface area contributed by atoms with E-state index < -0.39 is 6.04 Å². The van der Waals surface area contributed by atoms with Crippen molar-refractivity contribution in [2.75, 3.05) is 6.54 Å². The van der Waals surface area contributed by atoms with Gasteiger partial charge in [0.05, 0.1) is 0 Å². The van der Waals surface area contributed by atoms with Crippen LogP contribution in [0.1, 0.15) is 31.2 Å². The summed E-state index contributed by atoms with van der Waals surface area (Å²) >= 11 is 0. The Balaban J connectivity index is 0.000000184. The molecule has 98 valence electrons. The molecule has 0 aromatic carbocycles. The Bertz CT molecular complexity index is 426. The molecule has 0 saturated carbocycles. The summed E-state index contributed by atoms with van der Waals surface area (Å²) in [6, 6.07) is 5.57. The van der Waals surface area contributed by atoms with Crippen LogP contribution in [-0.2, 0) is 0 Å². The van der Waals surface area contributed by atoms with Crippen molar-refractivity contribution in [3.8, 4) is 0 Å². The van der Waals surface area contributed by atoms with Gasteiger partial charge in [0.2, 0.25) is 6.04 Å². The number of hydrogen-bond donors (Lipinski definition) is 0. The Morgan fingerprint density at radius 3 is 2.22 bits per heavy atom. The highest BCUT2D eigenvalue weighted by atomic mass is 16.6. The van der Waals surface area contributed by atoms with Crippen LogP contribution in [-0.4, -0.2) is 28.2 Å². The number of rotatable bonds is 1. The SMILES string of the molecule is CC1=NCC([N+](=O)[O-])CC1.Cc1cccc(C)n1. The van der Waals surface area contributed by atoms with Crippen LogP contribution in [0.2, 0.25) is 0 Å². The normalized spacial score (nSPS) is 18.4. The van der Waals surface area contributed by atoms with Gasteiger partial charge in [0, 0.05) is 28.4 Å². The van der Waals surface area contributed by atoms with E-state index in [1.807, 2.05) is 39.0 Å². The molecule has 1 atom stereocenters. The lowest BCUT2D eigenvalue weighted by molar-refractivity contribution is -0.520. The van der Waals surface area contributed by atoms with E-state index in [1.54, 1.807) is 0 Å². The molecule has 0 spiro atoms. The van der Waals surface area contributed by atoms with Gasteiger partial charge in [-0.1, -0.05) is 6.07 Å². The molecule has 2 heterocycles. The van der Waals surface area contributed by atoms with Crippen LogP contribution in [0.5, 0.6) is 0 Å². The fourth-order valence-corrected chi connectivity index (χ4v) is 1.66. The molecule has 1 aromatic heterocycles. The molecule has 0 saturated heterocycles. The van der Waals surface area contributed by atoms with E-state index in [1.165, 1.54) is 0 Å². The van der Waals surface area contributed by atoms with Crippen LogP contribution >= 0.6 is 0 Å². The lowest BCUT2D eigenvalue weighted by Crippen LogP contribution is -2.27. The average Bonchev–Trinajstić information content (AvgIpc) is 2.30. The second kappa shape index (κ2) is 6.83. The maximum atomic E-state index is 10.2. The first-order valence-electron chi connectivity index (χ1n) is 6.02. The second-order valence-electron chi connectivity index (χ2n) is 4.47. The van der Waals surface area contributed by atoms with E-state index in [-0.39, 0.29) is 4.92 Å². The minimum Gasteiger partial charge on any atom is -0.287 e. The van der Waals surface area contributed by atoms with Gasteiger partial charge in [-0.05, 0) is 39.3 Å². The third-order valence-electron chi connectivity index (χ3n) is 2.74. The number of aryl methyl sites for hydroxylation is 2. The van der Waals surface area contributed by atoms with Crippen LogP contribution in [0.3, 0.4) is 0 Å². The molecule has 1 aliphatic rings. The molecule has 18 heavy (non-hydrogen) atoms. The maximum absolute atomic E-state index is 10.2. The van der Waals surface area contributed by atoms with E-state index in [9.17, 15) is 10.1 Å². The average molecular weight is 249 g/mol. The second-order valence-corrected chi connectivity index (χ2v) is 4.47. The first-order valence-corrected chi connectivity index (χ1v) is 6.02. The smallest absolute Gasteiger partial charge is 0.232 e. The first-order chi connectivity index (χ1) is 8.49. The van der Waals surface area contributed by atoms with E-state index in [0.29, 0.717) is 13.0 Å². The van der Waals surface area contributed by atoms with Crippen molar-refractivity contribution < 1.29 is 4.92 Å². The van der Waals surface area contributed by atoms with Crippen LogP contribution in [0, 0.1) is 24.0 Å². The third kappa shape index (κ3) is 5.03. The molecule has 0 aliphatic carbocycles. The van der Waals surface area contributed by atoms with E-state index >= 15 is 0 Å². The minimum atomic E-state index is -0.427. The van der Waals surface area contributed by atoms with Crippen molar-refractivity contribution in [3.05, 3.63) is 39.7 Å². The van der Waals surface area contributed by atoms with Crippen molar-refractivity contribution in [1.82, 2.24) is 4.98 Å². The zero-order chi connectivity index (χ0) is 13.5. The predicted octanol–water partition coefficient (Wildman–Crippen LogP) is 2.58. The third-order valence-corrected chi connectivity index (χ3v) is 2.74. The standard InChI is InChI=1S/C7H9N.C6H10N2O2/c1-6-4-3-5-7(2)8-6;1-5-2-3-6(4-7-5)8(9)10/h3-5H,1-2H3;6H,2-4H2,1H3. The fraction of sp³-hybridized carbons (Fsp3) is 0.538. The largest absolute Gasteiger partial charge is 0.287 e. The van der Waals surface area contributed by atoms with Gasteiger partial charge >= 0.3 is 0 Å². The van der Waals surface area contributed by atoms with Gasteiger partial charge in [-0.3, -0.25) is 20.1 Å². The topological polar surface area (TPSA) is 68.4 Å². The summed E-state index contributed by atoms with van der Waals surface area (Å²) in [5.74, 6) is 0. The Kier molecular flexibility index (Phi) is 5.42. The zero-order valence-electron chi connectivity index (χ0n) is 11.1. The van der Waals surface area contributed by atoms with E-state index in [0.717, 1.165) is 23.5 Å². The number of pyridine rings is 1. The quantitative estimate of drug-likeness (QED) is 0.567.